The van der Waals surface area contributed by atoms with E-state index >= 15 is 0 Å². The number of hydrogen-bond acceptors (Lipinski definition) is 4. The van der Waals surface area contributed by atoms with Crippen LogP contribution in [0.5, 0.6) is 5.75 Å². The number of rotatable bonds is 5. The Bertz CT molecular complexity index is 392. The zero-order chi connectivity index (χ0) is 12.8. The van der Waals surface area contributed by atoms with E-state index in [0.717, 1.165) is 37.5 Å². The normalized spacial score (nSPS) is 16.3. The van der Waals surface area contributed by atoms with E-state index in [1.54, 1.807) is 0 Å². The molecule has 0 aliphatic carbocycles. The predicted octanol–water partition coefficient (Wildman–Crippen LogP) is 0.470. The Kier molecular flexibility index (Phi) is 4.41. The van der Waals surface area contributed by atoms with E-state index in [0.29, 0.717) is 13.2 Å². The lowest BCUT2D eigenvalue weighted by Crippen LogP contribution is -2.47. The molecule has 0 bridgehead atoms. The van der Waals surface area contributed by atoms with Gasteiger partial charge in [0.05, 0.1) is 13.2 Å². The number of nitrogens with zero attached hydrogens (tertiary/aromatic N) is 1. The van der Waals surface area contributed by atoms with Crippen molar-refractivity contribution in [3.05, 3.63) is 24.3 Å². The summed E-state index contributed by atoms with van der Waals surface area (Å²) in [4.78, 5) is 13.3. The van der Waals surface area contributed by atoms with Gasteiger partial charge in [0, 0.05) is 25.3 Å². The van der Waals surface area contributed by atoms with E-state index in [4.69, 9.17) is 10.5 Å². The number of ether oxygens (including phenoxy) is 1. The highest BCUT2D eigenvalue weighted by Gasteiger charge is 2.14. The van der Waals surface area contributed by atoms with Crippen LogP contribution in [0.4, 0.5) is 5.69 Å². The second-order valence-electron chi connectivity index (χ2n) is 4.40. The first-order valence-corrected chi connectivity index (χ1v) is 6.21. The van der Waals surface area contributed by atoms with Crippen LogP contribution in [0.15, 0.2) is 24.3 Å². The first kappa shape index (κ1) is 12.7. The molecule has 2 rings (SSSR count). The Morgan fingerprint density at radius 2 is 2.11 bits per heavy atom. The van der Waals surface area contributed by atoms with E-state index in [1.165, 1.54) is 0 Å². The molecule has 1 aliphatic rings. The van der Waals surface area contributed by atoms with Gasteiger partial charge in [0.2, 0.25) is 5.91 Å². The molecule has 0 saturated carbocycles. The van der Waals surface area contributed by atoms with Crippen LogP contribution in [-0.4, -0.2) is 43.6 Å². The van der Waals surface area contributed by atoms with Crippen molar-refractivity contribution in [3.8, 4) is 5.75 Å². The lowest BCUT2D eigenvalue weighted by molar-refractivity contribution is -0.124. The summed E-state index contributed by atoms with van der Waals surface area (Å²) in [7, 11) is 0. The molecule has 1 aromatic carbocycles. The summed E-state index contributed by atoms with van der Waals surface area (Å²) >= 11 is 0. The highest BCUT2D eigenvalue weighted by molar-refractivity contribution is 5.78. The summed E-state index contributed by atoms with van der Waals surface area (Å²) in [5.41, 5.74) is 6.33. The Morgan fingerprint density at radius 3 is 2.83 bits per heavy atom. The lowest BCUT2D eigenvalue weighted by Gasteiger charge is -2.26. The fourth-order valence-electron chi connectivity index (χ4n) is 1.92. The molecular formula is C13H19N3O2. The molecule has 1 heterocycles. The monoisotopic (exact) mass is 249 g/mol. The summed E-state index contributed by atoms with van der Waals surface area (Å²) in [6.45, 7) is 3.72. The van der Waals surface area contributed by atoms with Gasteiger partial charge in [-0.3, -0.25) is 9.69 Å². The fourth-order valence-corrected chi connectivity index (χ4v) is 1.92. The minimum Gasteiger partial charge on any atom is -0.494 e. The zero-order valence-electron chi connectivity index (χ0n) is 10.4. The molecular weight excluding hydrogens is 230 g/mol. The first-order chi connectivity index (χ1) is 8.74. The molecule has 5 heteroatoms. The third-order valence-corrected chi connectivity index (χ3v) is 2.88. The van der Waals surface area contributed by atoms with Gasteiger partial charge in [0.25, 0.3) is 0 Å². The summed E-state index contributed by atoms with van der Waals surface area (Å²) in [6.07, 6.45) is 0.914. The van der Waals surface area contributed by atoms with Gasteiger partial charge in [-0.2, -0.15) is 0 Å². The highest BCUT2D eigenvalue weighted by atomic mass is 16.5. The van der Waals surface area contributed by atoms with E-state index in [9.17, 15) is 4.79 Å². The molecule has 0 atom stereocenters. The van der Waals surface area contributed by atoms with Gasteiger partial charge in [-0.1, -0.05) is 0 Å². The van der Waals surface area contributed by atoms with Gasteiger partial charge in [0.15, 0.2) is 0 Å². The molecule has 1 saturated heterocycles. The number of carbonyl (C=O) groups excluding carboxylic acids is 1. The summed E-state index contributed by atoms with van der Waals surface area (Å²) in [6, 6.07) is 7.38. The maximum absolute atomic E-state index is 11.2. The minimum absolute atomic E-state index is 0.112. The molecule has 0 aromatic heterocycles. The van der Waals surface area contributed by atoms with Crippen LogP contribution in [0.3, 0.4) is 0 Å². The SMILES string of the molecule is Nc1ccc(OCCCN2CCNC(=O)C2)cc1. The molecule has 1 amide bonds. The molecule has 3 N–H and O–H groups in total. The van der Waals surface area contributed by atoms with Crippen molar-refractivity contribution >= 4 is 11.6 Å². The molecule has 0 radical (unpaired) electrons. The predicted molar refractivity (Wildman–Crippen MR) is 70.4 cm³/mol. The smallest absolute Gasteiger partial charge is 0.234 e. The molecule has 1 aromatic rings. The molecule has 0 spiro atoms. The van der Waals surface area contributed by atoms with Crippen molar-refractivity contribution in [1.29, 1.82) is 0 Å². The maximum Gasteiger partial charge on any atom is 0.234 e. The lowest BCUT2D eigenvalue weighted by atomic mass is 10.3. The maximum atomic E-state index is 11.2. The van der Waals surface area contributed by atoms with Crippen LogP contribution in [0.25, 0.3) is 0 Å². The number of nitrogens with one attached hydrogen (secondary N) is 1. The number of amides is 1. The van der Waals surface area contributed by atoms with Gasteiger partial charge in [-0.25, -0.2) is 0 Å². The molecule has 98 valence electrons. The Labute approximate surface area is 107 Å². The molecule has 18 heavy (non-hydrogen) atoms. The Hall–Kier alpha value is -1.75. The van der Waals surface area contributed by atoms with E-state index < -0.39 is 0 Å². The fraction of sp³-hybridized carbons (Fsp3) is 0.462. The number of piperazine rings is 1. The van der Waals surface area contributed by atoms with E-state index in [-0.39, 0.29) is 5.91 Å². The number of nitrogens with two attached hydrogens (primary N) is 1. The number of nitrogen functional groups attached to an aromatic ring is 1. The van der Waals surface area contributed by atoms with Crippen molar-refractivity contribution < 1.29 is 9.53 Å². The first-order valence-electron chi connectivity index (χ1n) is 6.21. The zero-order valence-corrected chi connectivity index (χ0v) is 10.4. The van der Waals surface area contributed by atoms with Gasteiger partial charge in [0.1, 0.15) is 5.75 Å². The van der Waals surface area contributed by atoms with E-state index in [1.807, 2.05) is 24.3 Å². The third kappa shape index (κ3) is 3.92. The van der Waals surface area contributed by atoms with Crippen molar-refractivity contribution in [3.63, 3.8) is 0 Å². The van der Waals surface area contributed by atoms with Crippen LogP contribution in [0.1, 0.15) is 6.42 Å². The topological polar surface area (TPSA) is 67.6 Å². The largest absolute Gasteiger partial charge is 0.494 e. The van der Waals surface area contributed by atoms with E-state index in [2.05, 4.69) is 10.2 Å². The van der Waals surface area contributed by atoms with Crippen molar-refractivity contribution in [2.45, 2.75) is 6.42 Å². The van der Waals surface area contributed by atoms with Gasteiger partial charge in [-0.15, -0.1) is 0 Å². The van der Waals surface area contributed by atoms with Gasteiger partial charge < -0.3 is 15.8 Å². The van der Waals surface area contributed by atoms with Gasteiger partial charge >= 0.3 is 0 Å². The highest BCUT2D eigenvalue weighted by Crippen LogP contribution is 2.13. The molecule has 1 aliphatic heterocycles. The molecule has 0 unspecified atom stereocenters. The van der Waals surface area contributed by atoms with Crippen LogP contribution in [-0.2, 0) is 4.79 Å². The van der Waals surface area contributed by atoms with Crippen LogP contribution < -0.4 is 15.8 Å². The molecule has 1 fully saturated rings. The second kappa shape index (κ2) is 6.26. The third-order valence-electron chi connectivity index (χ3n) is 2.88. The average molecular weight is 249 g/mol. The van der Waals surface area contributed by atoms with Crippen molar-refractivity contribution in [2.75, 3.05) is 38.5 Å². The Morgan fingerprint density at radius 1 is 1.33 bits per heavy atom. The number of anilines is 1. The number of hydrogen-bond donors (Lipinski definition) is 2. The van der Waals surface area contributed by atoms with Crippen LogP contribution >= 0.6 is 0 Å². The average Bonchev–Trinajstić information content (AvgIpc) is 2.37. The quantitative estimate of drug-likeness (QED) is 0.588. The Balaban J connectivity index is 1.63. The minimum atomic E-state index is 0.112. The summed E-state index contributed by atoms with van der Waals surface area (Å²) in [5.74, 6) is 0.946. The van der Waals surface area contributed by atoms with Crippen LogP contribution in [0.2, 0.25) is 0 Å². The number of benzene rings is 1. The number of carbonyl (C=O) groups is 1. The van der Waals surface area contributed by atoms with Crippen LogP contribution in [0, 0.1) is 0 Å². The summed E-state index contributed by atoms with van der Waals surface area (Å²) in [5, 5.41) is 2.81. The van der Waals surface area contributed by atoms with Crippen molar-refractivity contribution in [1.82, 2.24) is 10.2 Å². The summed E-state index contributed by atoms with van der Waals surface area (Å²) < 4.78 is 5.60. The van der Waals surface area contributed by atoms with Crippen molar-refractivity contribution in [2.24, 2.45) is 0 Å². The molecule has 5 nitrogen and oxygen atoms in total. The standard InChI is InChI=1S/C13H19N3O2/c14-11-2-4-12(5-3-11)18-9-1-7-16-8-6-15-13(17)10-16/h2-5H,1,6-10,14H2,(H,15,17). The van der Waals surface area contributed by atoms with Gasteiger partial charge in [-0.05, 0) is 30.7 Å². The second-order valence-corrected chi connectivity index (χ2v) is 4.40.